The average Bonchev–Trinajstić information content (AvgIpc) is 2.43. The number of rotatable bonds is 4. The maximum absolute atomic E-state index is 12.5. The van der Waals surface area contributed by atoms with Gasteiger partial charge in [0.15, 0.2) is 0 Å². The number of hydrogen-bond donors (Lipinski definition) is 2. The maximum Gasteiger partial charge on any atom is 0.240 e. The van der Waals surface area contributed by atoms with E-state index in [2.05, 4.69) is 17.4 Å². The molecule has 0 fully saturated rings. The Morgan fingerprint density at radius 2 is 2.11 bits per heavy atom. The largest absolute Gasteiger partial charge is 0.395 e. The number of hydrogen-bond acceptors (Lipinski definition) is 3. The predicted octanol–water partition coefficient (Wildman–Crippen LogP) is 0.930. The van der Waals surface area contributed by atoms with Crippen LogP contribution >= 0.6 is 0 Å². The fourth-order valence-corrected chi connectivity index (χ4v) is 2.56. The van der Waals surface area contributed by atoms with Gasteiger partial charge in [0, 0.05) is 19.1 Å². The molecule has 0 radical (unpaired) electrons. The van der Waals surface area contributed by atoms with Gasteiger partial charge >= 0.3 is 0 Å². The number of amides is 1. The molecular formula is C15H22N2O2. The standard InChI is InChI=1S/C15H22N2O2/c1-11(2)17(7-8-18)15(19)14-9-12-5-3-4-6-13(12)10-16-14/h3-6,11,14,16,18H,7-10H2,1-2H3/t14-/m0/s1. The van der Waals surface area contributed by atoms with Crippen LogP contribution in [0, 0.1) is 0 Å². The van der Waals surface area contributed by atoms with E-state index in [1.807, 2.05) is 26.0 Å². The molecule has 0 saturated heterocycles. The number of aliphatic hydroxyl groups excluding tert-OH is 1. The van der Waals surface area contributed by atoms with Crippen molar-refractivity contribution in [3.8, 4) is 0 Å². The molecule has 2 N–H and O–H groups in total. The number of benzene rings is 1. The van der Waals surface area contributed by atoms with E-state index in [9.17, 15) is 4.79 Å². The van der Waals surface area contributed by atoms with Crippen LogP contribution in [0.15, 0.2) is 24.3 Å². The van der Waals surface area contributed by atoms with Crippen molar-refractivity contribution in [3.63, 3.8) is 0 Å². The van der Waals surface area contributed by atoms with Crippen molar-refractivity contribution in [2.24, 2.45) is 0 Å². The van der Waals surface area contributed by atoms with Gasteiger partial charge in [0.1, 0.15) is 0 Å². The zero-order chi connectivity index (χ0) is 13.8. The molecular weight excluding hydrogens is 240 g/mol. The second-order valence-electron chi connectivity index (χ2n) is 5.26. The van der Waals surface area contributed by atoms with E-state index in [1.54, 1.807) is 4.90 Å². The molecule has 0 aliphatic carbocycles. The van der Waals surface area contributed by atoms with Gasteiger partial charge in [0.2, 0.25) is 5.91 Å². The Morgan fingerprint density at radius 3 is 2.74 bits per heavy atom. The van der Waals surface area contributed by atoms with E-state index < -0.39 is 0 Å². The number of carbonyl (C=O) groups excluding carboxylic acids is 1. The van der Waals surface area contributed by atoms with E-state index >= 15 is 0 Å². The molecule has 0 saturated carbocycles. The van der Waals surface area contributed by atoms with E-state index in [4.69, 9.17) is 5.11 Å². The van der Waals surface area contributed by atoms with Gasteiger partial charge in [-0.3, -0.25) is 4.79 Å². The lowest BCUT2D eigenvalue weighted by Crippen LogP contribution is -2.52. The van der Waals surface area contributed by atoms with Crippen LogP contribution in [-0.2, 0) is 17.8 Å². The number of nitrogens with zero attached hydrogens (tertiary/aromatic N) is 1. The zero-order valence-electron chi connectivity index (χ0n) is 11.6. The minimum Gasteiger partial charge on any atom is -0.395 e. The van der Waals surface area contributed by atoms with Crippen LogP contribution in [0.3, 0.4) is 0 Å². The molecule has 1 atom stereocenters. The molecule has 1 aromatic rings. The van der Waals surface area contributed by atoms with Crippen molar-refractivity contribution in [1.29, 1.82) is 0 Å². The van der Waals surface area contributed by atoms with E-state index in [0.717, 1.165) is 13.0 Å². The van der Waals surface area contributed by atoms with Gasteiger partial charge in [-0.15, -0.1) is 0 Å². The number of aliphatic hydroxyl groups is 1. The Balaban J connectivity index is 2.09. The minimum absolute atomic E-state index is 0.00717. The Kier molecular flexibility index (Phi) is 4.56. The van der Waals surface area contributed by atoms with Crippen molar-refractivity contribution in [2.75, 3.05) is 13.2 Å². The number of carbonyl (C=O) groups is 1. The molecule has 1 aliphatic heterocycles. The molecule has 4 heteroatoms. The first-order chi connectivity index (χ1) is 9.13. The molecule has 4 nitrogen and oxygen atoms in total. The van der Waals surface area contributed by atoms with Crippen molar-refractivity contribution in [1.82, 2.24) is 10.2 Å². The Bertz CT molecular complexity index is 446. The third-order valence-corrected chi connectivity index (χ3v) is 3.63. The predicted molar refractivity (Wildman–Crippen MR) is 74.7 cm³/mol. The lowest BCUT2D eigenvalue weighted by atomic mass is 9.95. The van der Waals surface area contributed by atoms with Crippen LogP contribution in [0.2, 0.25) is 0 Å². The first-order valence-corrected chi connectivity index (χ1v) is 6.85. The van der Waals surface area contributed by atoms with E-state index in [0.29, 0.717) is 6.54 Å². The van der Waals surface area contributed by atoms with Crippen molar-refractivity contribution < 1.29 is 9.90 Å². The molecule has 1 amide bonds. The maximum atomic E-state index is 12.5. The highest BCUT2D eigenvalue weighted by molar-refractivity contribution is 5.82. The summed E-state index contributed by atoms with van der Waals surface area (Å²) < 4.78 is 0. The van der Waals surface area contributed by atoms with Gasteiger partial charge in [-0.25, -0.2) is 0 Å². The SMILES string of the molecule is CC(C)N(CCO)C(=O)[C@@H]1Cc2ccccc2CN1. The summed E-state index contributed by atoms with van der Waals surface area (Å²) in [5.41, 5.74) is 2.51. The fraction of sp³-hybridized carbons (Fsp3) is 0.533. The van der Waals surface area contributed by atoms with E-state index in [-0.39, 0.29) is 24.6 Å². The van der Waals surface area contributed by atoms with Gasteiger partial charge < -0.3 is 15.3 Å². The third-order valence-electron chi connectivity index (χ3n) is 3.63. The van der Waals surface area contributed by atoms with Crippen LogP contribution in [0.5, 0.6) is 0 Å². The van der Waals surface area contributed by atoms with Crippen LogP contribution in [-0.4, -0.2) is 41.1 Å². The van der Waals surface area contributed by atoms with Gasteiger partial charge in [0.25, 0.3) is 0 Å². The number of fused-ring (bicyclic) bond motifs is 1. The summed E-state index contributed by atoms with van der Waals surface area (Å²) in [4.78, 5) is 14.2. The lowest BCUT2D eigenvalue weighted by Gasteiger charge is -2.33. The van der Waals surface area contributed by atoms with Crippen molar-refractivity contribution in [2.45, 2.75) is 38.9 Å². The van der Waals surface area contributed by atoms with Crippen LogP contribution in [0.1, 0.15) is 25.0 Å². The third kappa shape index (κ3) is 3.14. The molecule has 1 aliphatic rings. The Labute approximate surface area is 114 Å². The molecule has 19 heavy (non-hydrogen) atoms. The minimum atomic E-state index is -0.177. The Hall–Kier alpha value is -1.39. The first-order valence-electron chi connectivity index (χ1n) is 6.85. The monoisotopic (exact) mass is 262 g/mol. The van der Waals surface area contributed by atoms with Crippen LogP contribution in [0.4, 0.5) is 0 Å². The smallest absolute Gasteiger partial charge is 0.240 e. The molecule has 0 spiro atoms. The summed E-state index contributed by atoms with van der Waals surface area (Å²) in [6, 6.07) is 8.15. The first kappa shape index (κ1) is 14.0. The highest BCUT2D eigenvalue weighted by Gasteiger charge is 2.28. The molecule has 0 aromatic heterocycles. The van der Waals surface area contributed by atoms with Crippen molar-refractivity contribution in [3.05, 3.63) is 35.4 Å². The quantitative estimate of drug-likeness (QED) is 0.849. The molecule has 1 aromatic carbocycles. The second kappa shape index (κ2) is 6.17. The molecule has 1 heterocycles. The summed E-state index contributed by atoms with van der Waals surface area (Å²) in [5, 5.41) is 12.4. The summed E-state index contributed by atoms with van der Waals surface area (Å²) in [6.45, 7) is 5.09. The van der Waals surface area contributed by atoms with Gasteiger partial charge in [-0.2, -0.15) is 0 Å². The van der Waals surface area contributed by atoms with Crippen molar-refractivity contribution >= 4 is 5.91 Å². The molecule has 104 valence electrons. The number of nitrogens with one attached hydrogen (secondary N) is 1. The zero-order valence-corrected chi connectivity index (χ0v) is 11.6. The van der Waals surface area contributed by atoms with E-state index in [1.165, 1.54) is 11.1 Å². The fourth-order valence-electron chi connectivity index (χ4n) is 2.56. The highest BCUT2D eigenvalue weighted by atomic mass is 16.3. The summed E-state index contributed by atoms with van der Waals surface area (Å²) in [7, 11) is 0. The van der Waals surface area contributed by atoms with Gasteiger partial charge in [-0.05, 0) is 31.4 Å². The Morgan fingerprint density at radius 1 is 1.42 bits per heavy atom. The molecule has 2 rings (SSSR count). The van der Waals surface area contributed by atoms with Gasteiger partial charge in [0.05, 0.1) is 12.6 Å². The van der Waals surface area contributed by atoms with Gasteiger partial charge in [-0.1, -0.05) is 24.3 Å². The summed E-state index contributed by atoms with van der Waals surface area (Å²) in [6.07, 6.45) is 0.726. The topological polar surface area (TPSA) is 52.6 Å². The highest BCUT2D eigenvalue weighted by Crippen LogP contribution is 2.18. The van der Waals surface area contributed by atoms with Crippen LogP contribution in [0.25, 0.3) is 0 Å². The normalized spacial score (nSPS) is 18.2. The molecule has 0 bridgehead atoms. The second-order valence-corrected chi connectivity index (χ2v) is 5.26. The average molecular weight is 262 g/mol. The van der Waals surface area contributed by atoms with Crippen LogP contribution < -0.4 is 5.32 Å². The summed E-state index contributed by atoms with van der Waals surface area (Å²) in [5.74, 6) is 0.0820. The lowest BCUT2D eigenvalue weighted by molar-refractivity contribution is -0.135. The molecule has 0 unspecified atom stereocenters. The summed E-state index contributed by atoms with van der Waals surface area (Å²) >= 11 is 0.